The average Bonchev–Trinajstić information content (AvgIpc) is 2.58. The molecule has 1 aromatic rings. The van der Waals surface area contributed by atoms with Gasteiger partial charge in [-0.2, -0.15) is 4.98 Å². The zero-order valence-electron chi connectivity index (χ0n) is 15.8. The number of hydrogen-bond donors (Lipinski definition) is 1. The molecule has 25 heavy (non-hydrogen) atoms. The van der Waals surface area contributed by atoms with Crippen molar-refractivity contribution in [3.8, 4) is 0 Å². The molecule has 0 fully saturated rings. The molecule has 0 aliphatic heterocycles. The molecule has 0 unspecified atom stereocenters. The maximum Gasteiger partial charge on any atom is 0.356 e. The van der Waals surface area contributed by atoms with E-state index in [1.807, 2.05) is 0 Å². The third-order valence-corrected chi connectivity index (χ3v) is 4.59. The lowest BCUT2D eigenvalue weighted by Crippen LogP contribution is -2.28. The topological polar surface area (TPSA) is 78.0 Å². The lowest BCUT2D eigenvalue weighted by Gasteiger charge is -2.04. The van der Waals surface area contributed by atoms with E-state index in [2.05, 4.69) is 11.9 Å². The quantitative estimate of drug-likeness (QED) is 0.482. The molecule has 0 bridgehead atoms. The standard InChI is InChI=1S/C20H35N3O2/c1-2-3-4-5-6-7-8-9-10-11-12-13-14-15-19(24)23-17-16-18(21)22-20(23)25/h16-17H,2-15H2,1H3,(H2,21,22,25). The van der Waals surface area contributed by atoms with E-state index in [0.717, 1.165) is 17.4 Å². The van der Waals surface area contributed by atoms with E-state index >= 15 is 0 Å². The molecule has 142 valence electrons. The van der Waals surface area contributed by atoms with Crippen LogP contribution in [0.25, 0.3) is 0 Å². The second-order valence-corrected chi connectivity index (χ2v) is 6.89. The Balaban J connectivity index is 1.95. The number of nitrogens with two attached hydrogens (primary N) is 1. The summed E-state index contributed by atoms with van der Waals surface area (Å²) in [7, 11) is 0. The first-order valence-electron chi connectivity index (χ1n) is 10.0. The summed E-state index contributed by atoms with van der Waals surface area (Å²) in [4.78, 5) is 27.1. The highest BCUT2D eigenvalue weighted by Crippen LogP contribution is 2.13. The van der Waals surface area contributed by atoms with Crippen LogP contribution in [0.4, 0.5) is 5.82 Å². The van der Waals surface area contributed by atoms with Crippen LogP contribution >= 0.6 is 0 Å². The Morgan fingerprint density at radius 1 is 0.920 bits per heavy atom. The number of nitrogen functional groups attached to an aromatic ring is 1. The van der Waals surface area contributed by atoms with Crippen molar-refractivity contribution >= 4 is 11.7 Å². The molecule has 0 saturated carbocycles. The van der Waals surface area contributed by atoms with Crippen molar-refractivity contribution in [1.82, 2.24) is 9.55 Å². The molecule has 0 radical (unpaired) electrons. The van der Waals surface area contributed by atoms with Crippen molar-refractivity contribution in [2.45, 2.75) is 96.8 Å². The Kier molecular flexibility index (Phi) is 11.7. The number of rotatable bonds is 14. The maximum absolute atomic E-state index is 12.0. The number of nitrogens with zero attached hydrogens (tertiary/aromatic N) is 2. The molecule has 5 heteroatoms. The van der Waals surface area contributed by atoms with Crippen molar-refractivity contribution in [2.24, 2.45) is 0 Å². The highest BCUT2D eigenvalue weighted by atomic mass is 16.2. The highest BCUT2D eigenvalue weighted by Gasteiger charge is 2.07. The first-order chi connectivity index (χ1) is 12.1. The van der Waals surface area contributed by atoms with E-state index < -0.39 is 5.69 Å². The van der Waals surface area contributed by atoms with Crippen molar-refractivity contribution in [3.05, 3.63) is 22.7 Å². The van der Waals surface area contributed by atoms with Gasteiger partial charge in [0.05, 0.1) is 0 Å². The highest BCUT2D eigenvalue weighted by molar-refractivity contribution is 5.78. The summed E-state index contributed by atoms with van der Waals surface area (Å²) >= 11 is 0. The molecule has 1 heterocycles. The van der Waals surface area contributed by atoms with Crippen LogP contribution in [0.5, 0.6) is 0 Å². The van der Waals surface area contributed by atoms with Gasteiger partial charge in [0, 0.05) is 12.6 Å². The monoisotopic (exact) mass is 349 g/mol. The van der Waals surface area contributed by atoms with E-state index in [-0.39, 0.29) is 11.7 Å². The molecule has 0 atom stereocenters. The molecule has 1 aromatic heterocycles. The minimum Gasteiger partial charge on any atom is -0.383 e. The van der Waals surface area contributed by atoms with Gasteiger partial charge in [0.1, 0.15) is 5.82 Å². The SMILES string of the molecule is CCCCCCCCCCCCCCCC(=O)n1ccc(N)nc1=O. The minimum atomic E-state index is -0.584. The summed E-state index contributed by atoms with van der Waals surface area (Å²) in [5.41, 5.74) is 4.83. The summed E-state index contributed by atoms with van der Waals surface area (Å²) in [6.07, 6.45) is 18.3. The van der Waals surface area contributed by atoms with Crippen molar-refractivity contribution in [2.75, 3.05) is 5.73 Å². The van der Waals surface area contributed by atoms with Crippen molar-refractivity contribution < 1.29 is 4.79 Å². The van der Waals surface area contributed by atoms with E-state index in [4.69, 9.17) is 5.73 Å². The lowest BCUT2D eigenvalue weighted by atomic mass is 10.0. The largest absolute Gasteiger partial charge is 0.383 e. The predicted octanol–water partition coefficient (Wildman–Crippen LogP) is 4.95. The zero-order valence-corrected chi connectivity index (χ0v) is 15.8. The van der Waals surface area contributed by atoms with Crippen LogP contribution in [-0.2, 0) is 0 Å². The fourth-order valence-electron chi connectivity index (χ4n) is 3.02. The molecule has 0 aromatic carbocycles. The Labute approximate surface area is 152 Å². The van der Waals surface area contributed by atoms with Gasteiger partial charge in [0.25, 0.3) is 0 Å². The van der Waals surface area contributed by atoms with Gasteiger partial charge in [-0.3, -0.25) is 4.79 Å². The Bertz CT molecular complexity index is 540. The normalized spacial score (nSPS) is 10.9. The van der Waals surface area contributed by atoms with E-state index in [1.54, 1.807) is 0 Å². The number of carbonyl (C=O) groups excluding carboxylic acids is 1. The maximum atomic E-state index is 12.0. The first kappa shape index (κ1) is 21.4. The zero-order chi connectivity index (χ0) is 18.3. The molecular weight excluding hydrogens is 314 g/mol. The summed E-state index contributed by atoms with van der Waals surface area (Å²) in [5, 5.41) is 0. The van der Waals surface area contributed by atoms with Crippen molar-refractivity contribution in [1.29, 1.82) is 0 Å². The Morgan fingerprint density at radius 3 is 1.88 bits per heavy atom. The third-order valence-electron chi connectivity index (χ3n) is 4.59. The fraction of sp³-hybridized carbons (Fsp3) is 0.750. The summed E-state index contributed by atoms with van der Waals surface area (Å²) in [6.45, 7) is 2.25. The van der Waals surface area contributed by atoms with Crippen LogP contribution in [0.15, 0.2) is 17.1 Å². The van der Waals surface area contributed by atoms with Crippen LogP contribution in [0.2, 0.25) is 0 Å². The Hall–Kier alpha value is -1.65. The molecule has 2 N–H and O–H groups in total. The number of aromatic nitrogens is 2. The van der Waals surface area contributed by atoms with E-state index in [0.29, 0.717) is 6.42 Å². The number of unbranched alkanes of at least 4 members (excludes halogenated alkanes) is 12. The predicted molar refractivity (Wildman–Crippen MR) is 104 cm³/mol. The van der Waals surface area contributed by atoms with Gasteiger partial charge < -0.3 is 5.73 Å². The van der Waals surface area contributed by atoms with Crippen LogP contribution < -0.4 is 11.4 Å². The summed E-state index contributed by atoms with van der Waals surface area (Å²) in [6, 6.07) is 1.48. The summed E-state index contributed by atoms with van der Waals surface area (Å²) < 4.78 is 1.05. The molecule has 0 aliphatic carbocycles. The molecule has 0 amide bonds. The first-order valence-corrected chi connectivity index (χ1v) is 10.0. The van der Waals surface area contributed by atoms with Gasteiger partial charge in [-0.25, -0.2) is 9.36 Å². The molecule has 0 aliphatic rings. The van der Waals surface area contributed by atoms with E-state index in [1.165, 1.54) is 82.9 Å². The number of anilines is 1. The second kappa shape index (κ2) is 13.6. The van der Waals surface area contributed by atoms with Gasteiger partial charge in [-0.15, -0.1) is 0 Å². The van der Waals surface area contributed by atoms with Gasteiger partial charge in [0.2, 0.25) is 5.91 Å². The van der Waals surface area contributed by atoms with Crippen LogP contribution in [0.3, 0.4) is 0 Å². The third kappa shape index (κ3) is 10.0. The van der Waals surface area contributed by atoms with Crippen LogP contribution in [-0.4, -0.2) is 15.5 Å². The number of hydrogen-bond acceptors (Lipinski definition) is 4. The smallest absolute Gasteiger partial charge is 0.356 e. The number of carbonyl (C=O) groups is 1. The fourth-order valence-corrected chi connectivity index (χ4v) is 3.02. The van der Waals surface area contributed by atoms with Crippen LogP contribution in [0.1, 0.15) is 102 Å². The van der Waals surface area contributed by atoms with Gasteiger partial charge in [-0.1, -0.05) is 84.0 Å². The minimum absolute atomic E-state index is 0.148. The summed E-state index contributed by atoms with van der Waals surface area (Å²) in [5.74, 6) is -0.0458. The van der Waals surface area contributed by atoms with Crippen molar-refractivity contribution in [3.63, 3.8) is 0 Å². The van der Waals surface area contributed by atoms with E-state index in [9.17, 15) is 9.59 Å². The van der Waals surface area contributed by atoms with Crippen LogP contribution in [0, 0.1) is 0 Å². The second-order valence-electron chi connectivity index (χ2n) is 6.89. The average molecular weight is 350 g/mol. The molecule has 1 rings (SSSR count). The molecule has 5 nitrogen and oxygen atoms in total. The van der Waals surface area contributed by atoms with Gasteiger partial charge in [-0.05, 0) is 12.5 Å². The van der Waals surface area contributed by atoms with Gasteiger partial charge in [0.15, 0.2) is 0 Å². The lowest BCUT2D eigenvalue weighted by molar-refractivity contribution is 0.0893. The Morgan fingerprint density at radius 2 is 1.40 bits per heavy atom. The van der Waals surface area contributed by atoms with Gasteiger partial charge >= 0.3 is 5.69 Å². The molecule has 0 spiro atoms. The molecule has 0 saturated heterocycles. The molecular formula is C20H35N3O2.